The SMILES string of the molecule is Clc1cccc2c1-c1ccccc1C21c2ccccc2-c2cc3ccccc3cc21. The lowest BCUT2D eigenvalue weighted by molar-refractivity contribution is 0.795. The molecule has 0 bridgehead atoms. The first-order valence-corrected chi connectivity index (χ1v) is 10.7. The minimum absolute atomic E-state index is 0.327. The van der Waals surface area contributed by atoms with Crippen molar-refractivity contribution in [3.05, 3.63) is 130 Å². The molecule has 0 aliphatic heterocycles. The van der Waals surface area contributed by atoms with Crippen LogP contribution in [0, 0.1) is 0 Å². The molecule has 5 aromatic rings. The summed E-state index contributed by atoms with van der Waals surface area (Å²) in [6.07, 6.45) is 0. The summed E-state index contributed by atoms with van der Waals surface area (Å²) in [7, 11) is 0. The smallest absolute Gasteiger partial charge is 0.0726 e. The Balaban J connectivity index is 1.74. The standard InChI is InChI=1S/C29H17Cl/c30-27-15-7-14-25-28(27)21-11-4-6-13-24(21)29(25)23-12-5-3-10-20(23)22-16-18-8-1-2-9-19(18)17-26(22)29/h1-17H. The minimum Gasteiger partial charge on any atom is -0.0837 e. The Hall–Kier alpha value is -3.35. The van der Waals surface area contributed by atoms with Gasteiger partial charge in [0, 0.05) is 10.6 Å². The Morgan fingerprint density at radius 1 is 0.467 bits per heavy atom. The zero-order valence-electron chi connectivity index (χ0n) is 16.2. The van der Waals surface area contributed by atoms with Gasteiger partial charge in [-0.3, -0.25) is 0 Å². The summed E-state index contributed by atoms with van der Waals surface area (Å²) in [4.78, 5) is 0. The monoisotopic (exact) mass is 400 g/mol. The van der Waals surface area contributed by atoms with E-state index in [1.165, 1.54) is 55.3 Å². The van der Waals surface area contributed by atoms with Crippen LogP contribution in [0.2, 0.25) is 5.02 Å². The zero-order valence-corrected chi connectivity index (χ0v) is 16.9. The van der Waals surface area contributed by atoms with Gasteiger partial charge in [-0.1, -0.05) is 96.5 Å². The lowest BCUT2D eigenvalue weighted by atomic mass is 9.70. The summed E-state index contributed by atoms with van der Waals surface area (Å²) >= 11 is 6.81. The summed E-state index contributed by atoms with van der Waals surface area (Å²) in [6, 6.07) is 37.4. The highest BCUT2D eigenvalue weighted by molar-refractivity contribution is 6.34. The van der Waals surface area contributed by atoms with Crippen LogP contribution in [0.3, 0.4) is 0 Å². The molecule has 0 aromatic heterocycles. The van der Waals surface area contributed by atoms with Crippen LogP contribution in [0.5, 0.6) is 0 Å². The second kappa shape index (κ2) is 5.62. The van der Waals surface area contributed by atoms with Crippen molar-refractivity contribution in [3.8, 4) is 22.3 Å². The number of fused-ring (bicyclic) bond motifs is 11. The van der Waals surface area contributed by atoms with Gasteiger partial charge in [0.15, 0.2) is 0 Å². The number of hydrogen-bond acceptors (Lipinski definition) is 0. The Labute approximate surface area is 180 Å². The van der Waals surface area contributed by atoms with Crippen LogP contribution in [0.4, 0.5) is 0 Å². The average molecular weight is 401 g/mol. The predicted octanol–water partition coefficient (Wildman–Crippen LogP) is 7.84. The first-order chi connectivity index (χ1) is 14.8. The molecular weight excluding hydrogens is 384 g/mol. The zero-order chi connectivity index (χ0) is 19.9. The molecule has 7 rings (SSSR count). The Kier molecular flexibility index (Phi) is 3.08. The summed E-state index contributed by atoms with van der Waals surface area (Å²) in [5.74, 6) is 0. The molecule has 30 heavy (non-hydrogen) atoms. The largest absolute Gasteiger partial charge is 0.0837 e. The maximum absolute atomic E-state index is 6.81. The molecule has 5 aromatic carbocycles. The van der Waals surface area contributed by atoms with E-state index in [0.29, 0.717) is 0 Å². The summed E-state index contributed by atoms with van der Waals surface area (Å²) in [5, 5.41) is 3.38. The first-order valence-electron chi connectivity index (χ1n) is 10.3. The number of halogens is 1. The summed E-state index contributed by atoms with van der Waals surface area (Å²) < 4.78 is 0. The maximum atomic E-state index is 6.81. The fourth-order valence-corrected chi connectivity index (χ4v) is 6.10. The van der Waals surface area contributed by atoms with E-state index in [1.54, 1.807) is 0 Å². The molecule has 0 amide bonds. The van der Waals surface area contributed by atoms with Crippen molar-refractivity contribution < 1.29 is 0 Å². The topological polar surface area (TPSA) is 0 Å². The molecule has 1 unspecified atom stereocenters. The quantitative estimate of drug-likeness (QED) is 0.243. The Bertz CT molecular complexity index is 1510. The summed E-state index contributed by atoms with van der Waals surface area (Å²) in [6.45, 7) is 0. The van der Waals surface area contributed by atoms with Gasteiger partial charge in [-0.25, -0.2) is 0 Å². The van der Waals surface area contributed by atoms with Gasteiger partial charge in [-0.05, 0) is 67.9 Å². The van der Waals surface area contributed by atoms with Gasteiger partial charge in [-0.15, -0.1) is 0 Å². The molecule has 0 saturated heterocycles. The average Bonchev–Trinajstić information content (AvgIpc) is 3.25. The van der Waals surface area contributed by atoms with Gasteiger partial charge >= 0.3 is 0 Å². The van der Waals surface area contributed by atoms with Crippen LogP contribution in [-0.4, -0.2) is 0 Å². The van der Waals surface area contributed by atoms with Crippen molar-refractivity contribution in [2.24, 2.45) is 0 Å². The third-order valence-electron chi connectivity index (χ3n) is 6.93. The van der Waals surface area contributed by atoms with E-state index in [0.717, 1.165) is 5.02 Å². The molecule has 0 fully saturated rings. The molecule has 2 aliphatic rings. The molecule has 140 valence electrons. The van der Waals surface area contributed by atoms with Crippen molar-refractivity contribution in [2.75, 3.05) is 0 Å². The third-order valence-corrected chi connectivity index (χ3v) is 7.24. The third kappa shape index (κ3) is 1.79. The van der Waals surface area contributed by atoms with Crippen LogP contribution in [0.25, 0.3) is 33.0 Å². The Morgan fingerprint density at radius 3 is 1.87 bits per heavy atom. The lowest BCUT2D eigenvalue weighted by Gasteiger charge is -2.30. The van der Waals surface area contributed by atoms with E-state index >= 15 is 0 Å². The summed E-state index contributed by atoms with van der Waals surface area (Å²) in [5.41, 5.74) is 10.1. The highest BCUT2D eigenvalue weighted by Crippen LogP contribution is 2.63. The maximum Gasteiger partial charge on any atom is 0.0726 e. The molecule has 1 heteroatoms. The molecule has 0 heterocycles. The van der Waals surface area contributed by atoms with E-state index in [9.17, 15) is 0 Å². The number of benzene rings is 5. The fraction of sp³-hybridized carbons (Fsp3) is 0.0345. The molecule has 2 aliphatic carbocycles. The van der Waals surface area contributed by atoms with Crippen molar-refractivity contribution in [2.45, 2.75) is 5.41 Å². The van der Waals surface area contributed by atoms with E-state index in [-0.39, 0.29) is 5.41 Å². The Morgan fingerprint density at radius 2 is 1.07 bits per heavy atom. The van der Waals surface area contributed by atoms with Gasteiger partial charge in [-0.2, -0.15) is 0 Å². The molecular formula is C29H17Cl. The van der Waals surface area contributed by atoms with Crippen molar-refractivity contribution >= 4 is 22.4 Å². The van der Waals surface area contributed by atoms with Gasteiger partial charge in [0.05, 0.1) is 5.41 Å². The van der Waals surface area contributed by atoms with Gasteiger partial charge in [0.25, 0.3) is 0 Å². The van der Waals surface area contributed by atoms with Crippen molar-refractivity contribution in [1.29, 1.82) is 0 Å². The molecule has 0 saturated carbocycles. The van der Waals surface area contributed by atoms with Crippen LogP contribution in [0.1, 0.15) is 22.3 Å². The van der Waals surface area contributed by atoms with Crippen LogP contribution in [-0.2, 0) is 5.41 Å². The van der Waals surface area contributed by atoms with E-state index < -0.39 is 0 Å². The van der Waals surface area contributed by atoms with Gasteiger partial charge < -0.3 is 0 Å². The van der Waals surface area contributed by atoms with Crippen molar-refractivity contribution in [3.63, 3.8) is 0 Å². The molecule has 1 spiro atoms. The van der Waals surface area contributed by atoms with Crippen LogP contribution in [0.15, 0.2) is 103 Å². The molecule has 1 atom stereocenters. The number of rotatable bonds is 0. The van der Waals surface area contributed by atoms with Crippen molar-refractivity contribution in [1.82, 2.24) is 0 Å². The number of hydrogen-bond donors (Lipinski definition) is 0. The van der Waals surface area contributed by atoms with Gasteiger partial charge in [0.2, 0.25) is 0 Å². The van der Waals surface area contributed by atoms with E-state index in [4.69, 9.17) is 11.6 Å². The highest BCUT2D eigenvalue weighted by atomic mass is 35.5. The lowest BCUT2D eigenvalue weighted by Crippen LogP contribution is -2.25. The van der Waals surface area contributed by atoms with E-state index in [1.807, 2.05) is 6.07 Å². The first kappa shape index (κ1) is 16.4. The predicted molar refractivity (Wildman–Crippen MR) is 125 cm³/mol. The molecule has 0 radical (unpaired) electrons. The normalized spacial score (nSPS) is 17.6. The molecule has 0 nitrogen and oxygen atoms in total. The molecule has 0 N–H and O–H groups in total. The second-order valence-electron chi connectivity index (χ2n) is 8.25. The van der Waals surface area contributed by atoms with Crippen LogP contribution >= 0.6 is 11.6 Å². The minimum atomic E-state index is -0.327. The van der Waals surface area contributed by atoms with E-state index in [2.05, 4.69) is 97.1 Å². The second-order valence-corrected chi connectivity index (χ2v) is 8.66. The fourth-order valence-electron chi connectivity index (χ4n) is 5.83. The van der Waals surface area contributed by atoms with Crippen LogP contribution < -0.4 is 0 Å². The van der Waals surface area contributed by atoms with Gasteiger partial charge in [0.1, 0.15) is 0 Å². The highest BCUT2D eigenvalue weighted by Gasteiger charge is 2.52.